The van der Waals surface area contributed by atoms with Crippen molar-refractivity contribution in [1.82, 2.24) is 24.5 Å². The molecule has 0 radical (unpaired) electrons. The number of nitrogens with two attached hydrogens (primary N) is 1. The highest BCUT2D eigenvalue weighted by atomic mass is 16.5. The largest absolute Gasteiger partial charge is 0.384 e. The van der Waals surface area contributed by atoms with E-state index in [0.717, 1.165) is 0 Å². The van der Waals surface area contributed by atoms with Crippen molar-refractivity contribution in [3.63, 3.8) is 0 Å². The zero-order valence-electron chi connectivity index (χ0n) is 16.8. The summed E-state index contributed by atoms with van der Waals surface area (Å²) in [6.07, 6.45) is 1.80. The first-order chi connectivity index (χ1) is 13.0. The van der Waals surface area contributed by atoms with Crippen molar-refractivity contribution in [2.45, 2.75) is 39.3 Å². The number of rotatable bonds is 4. The van der Waals surface area contributed by atoms with Crippen LogP contribution in [0.4, 0.5) is 5.82 Å². The third-order valence-corrected chi connectivity index (χ3v) is 5.85. The van der Waals surface area contributed by atoms with E-state index in [-0.39, 0.29) is 22.8 Å². The van der Waals surface area contributed by atoms with Gasteiger partial charge in [0.1, 0.15) is 11.0 Å². The number of fused-ring (bicyclic) bond motifs is 1. The number of aryl methyl sites for hydroxylation is 1. The highest BCUT2D eigenvalue weighted by molar-refractivity contribution is 5.97. The first kappa shape index (κ1) is 18.7. The Balaban J connectivity index is 1.97. The van der Waals surface area contributed by atoms with Gasteiger partial charge in [-0.05, 0) is 26.8 Å². The van der Waals surface area contributed by atoms with Crippen molar-refractivity contribution in [1.29, 1.82) is 0 Å². The van der Waals surface area contributed by atoms with Crippen LogP contribution in [0, 0.1) is 5.41 Å². The lowest BCUT2D eigenvalue weighted by atomic mass is 9.81. The van der Waals surface area contributed by atoms with Crippen LogP contribution in [-0.4, -0.2) is 42.9 Å². The van der Waals surface area contributed by atoms with Gasteiger partial charge in [0.15, 0.2) is 5.82 Å². The summed E-state index contributed by atoms with van der Waals surface area (Å²) in [5, 5.41) is 22.2. The molecule has 3 aromatic heterocycles. The number of aliphatic hydroxyl groups is 1. The Kier molecular flexibility index (Phi) is 3.95. The van der Waals surface area contributed by atoms with Crippen LogP contribution in [0.1, 0.15) is 39.4 Å². The molecule has 28 heavy (non-hydrogen) atoms. The normalized spacial score (nSPS) is 17.6. The van der Waals surface area contributed by atoms with Crippen LogP contribution in [0.15, 0.2) is 17.1 Å². The van der Waals surface area contributed by atoms with Crippen LogP contribution in [0.5, 0.6) is 0 Å². The molecule has 1 aliphatic rings. The highest BCUT2D eigenvalue weighted by Gasteiger charge is 2.40. The zero-order valence-corrected chi connectivity index (χ0v) is 16.8. The van der Waals surface area contributed by atoms with Crippen LogP contribution in [0.3, 0.4) is 0 Å². The molecule has 1 saturated heterocycles. The van der Waals surface area contributed by atoms with Gasteiger partial charge in [0.05, 0.1) is 30.1 Å². The second-order valence-electron chi connectivity index (χ2n) is 8.53. The molecule has 1 fully saturated rings. The van der Waals surface area contributed by atoms with E-state index in [4.69, 9.17) is 10.5 Å². The maximum Gasteiger partial charge on any atom is 0.264 e. The van der Waals surface area contributed by atoms with Gasteiger partial charge in [0.25, 0.3) is 5.56 Å². The molecule has 0 aliphatic carbocycles. The van der Waals surface area contributed by atoms with Gasteiger partial charge in [-0.15, -0.1) is 0 Å². The van der Waals surface area contributed by atoms with Crippen LogP contribution in [0.2, 0.25) is 0 Å². The van der Waals surface area contributed by atoms with Gasteiger partial charge >= 0.3 is 0 Å². The topological polar surface area (TPSA) is 124 Å². The van der Waals surface area contributed by atoms with E-state index in [1.54, 1.807) is 36.3 Å². The van der Waals surface area contributed by atoms with E-state index in [1.807, 2.05) is 13.0 Å². The summed E-state index contributed by atoms with van der Waals surface area (Å²) in [6, 6.07) is 1.73. The molecule has 1 unspecified atom stereocenters. The van der Waals surface area contributed by atoms with Crippen LogP contribution >= 0.6 is 0 Å². The molecular weight excluding hydrogens is 360 g/mol. The molecular formula is C19H26N6O3. The molecule has 1 atom stereocenters. The van der Waals surface area contributed by atoms with Crippen molar-refractivity contribution in [3.05, 3.63) is 28.3 Å². The predicted molar refractivity (Wildman–Crippen MR) is 106 cm³/mol. The van der Waals surface area contributed by atoms with Gasteiger partial charge in [-0.3, -0.25) is 14.6 Å². The Bertz CT molecular complexity index is 1110. The quantitative estimate of drug-likeness (QED) is 0.625. The van der Waals surface area contributed by atoms with Crippen molar-refractivity contribution in [2.75, 3.05) is 18.9 Å². The number of H-pyrrole nitrogens is 1. The number of nitrogen functional groups attached to an aromatic ring is 1. The average Bonchev–Trinajstić information content (AvgIpc) is 3.16. The Morgan fingerprint density at radius 2 is 2.11 bits per heavy atom. The molecule has 0 bridgehead atoms. The molecule has 0 amide bonds. The van der Waals surface area contributed by atoms with E-state index in [2.05, 4.69) is 22.2 Å². The number of ether oxygens (including phenoxy) is 1. The molecule has 4 rings (SSSR count). The van der Waals surface area contributed by atoms with Gasteiger partial charge in [-0.2, -0.15) is 10.2 Å². The van der Waals surface area contributed by atoms with Crippen LogP contribution in [0.25, 0.3) is 22.2 Å². The molecule has 0 saturated carbocycles. The van der Waals surface area contributed by atoms with E-state index in [9.17, 15) is 9.90 Å². The number of anilines is 1. The zero-order chi connectivity index (χ0) is 20.4. The molecule has 1 aliphatic heterocycles. The van der Waals surface area contributed by atoms with Gasteiger partial charge in [0.2, 0.25) is 0 Å². The Labute approximate surface area is 162 Å². The van der Waals surface area contributed by atoms with Gasteiger partial charge < -0.3 is 20.1 Å². The second kappa shape index (κ2) is 5.92. The van der Waals surface area contributed by atoms with Gasteiger partial charge in [-0.25, -0.2) is 0 Å². The van der Waals surface area contributed by atoms with Crippen molar-refractivity contribution < 1.29 is 9.84 Å². The minimum atomic E-state index is -1.05. The third kappa shape index (κ3) is 2.65. The lowest BCUT2D eigenvalue weighted by Crippen LogP contribution is -2.47. The smallest absolute Gasteiger partial charge is 0.264 e. The number of aromatic amines is 1. The van der Waals surface area contributed by atoms with E-state index in [0.29, 0.717) is 41.1 Å². The van der Waals surface area contributed by atoms with E-state index >= 15 is 0 Å². The summed E-state index contributed by atoms with van der Waals surface area (Å²) in [5.41, 5.74) is 7.18. The second-order valence-corrected chi connectivity index (χ2v) is 8.53. The van der Waals surface area contributed by atoms with Crippen molar-refractivity contribution in [2.24, 2.45) is 12.5 Å². The van der Waals surface area contributed by atoms with Crippen molar-refractivity contribution in [3.8, 4) is 11.3 Å². The monoisotopic (exact) mass is 386 g/mol. The van der Waals surface area contributed by atoms with Crippen LogP contribution in [-0.2, 0) is 17.4 Å². The molecule has 0 aromatic carbocycles. The maximum atomic E-state index is 13.2. The number of pyridine rings is 1. The summed E-state index contributed by atoms with van der Waals surface area (Å²) in [6.45, 7) is 8.72. The number of hydrogen-bond acceptors (Lipinski definition) is 6. The molecule has 9 nitrogen and oxygen atoms in total. The summed E-state index contributed by atoms with van der Waals surface area (Å²) < 4.78 is 8.72. The SMILES string of the molecule is CC(n1cc(-c2cc(C(C)(C)O)n(C)n2)c2[nH]nc(N)c2c1=O)C1(C)COC1. The maximum absolute atomic E-state index is 13.2. The molecule has 4 N–H and O–H groups in total. The molecule has 0 spiro atoms. The predicted octanol–water partition coefficient (Wildman–Crippen LogP) is 1.53. The summed E-state index contributed by atoms with van der Waals surface area (Å²) in [5.74, 6) is 0.163. The number of nitrogens with zero attached hydrogens (tertiary/aromatic N) is 4. The standard InChI is InChI=1S/C19H26N6O3/c1-10(19(4)8-28-9-19)25-7-11(15-14(17(25)26)16(20)22-21-15)12-6-13(18(2,3)27)24(5)23-12/h6-7,10,27H,8-9H2,1-5H3,(H3,20,21,22). The summed E-state index contributed by atoms with van der Waals surface area (Å²) >= 11 is 0. The van der Waals surface area contributed by atoms with Gasteiger partial charge in [0, 0.05) is 30.3 Å². The molecule has 9 heteroatoms. The number of hydrogen-bond donors (Lipinski definition) is 3. The third-order valence-electron chi connectivity index (χ3n) is 5.85. The van der Waals surface area contributed by atoms with Crippen molar-refractivity contribution >= 4 is 16.7 Å². The average molecular weight is 386 g/mol. The molecule has 150 valence electrons. The first-order valence-electron chi connectivity index (χ1n) is 9.26. The molecule has 3 aromatic rings. The Hall–Kier alpha value is -2.65. The number of aromatic nitrogens is 5. The van der Waals surface area contributed by atoms with E-state index in [1.165, 1.54) is 0 Å². The minimum absolute atomic E-state index is 0.0938. The van der Waals surface area contributed by atoms with E-state index < -0.39 is 5.60 Å². The lowest BCUT2D eigenvalue weighted by Gasteiger charge is -2.43. The number of nitrogens with one attached hydrogen (secondary N) is 1. The fraction of sp³-hybridized carbons (Fsp3) is 0.526. The summed E-state index contributed by atoms with van der Waals surface area (Å²) in [7, 11) is 1.78. The molecule has 4 heterocycles. The summed E-state index contributed by atoms with van der Waals surface area (Å²) in [4.78, 5) is 13.2. The highest BCUT2D eigenvalue weighted by Crippen LogP contribution is 2.39. The van der Waals surface area contributed by atoms with Crippen LogP contribution < -0.4 is 11.3 Å². The van der Waals surface area contributed by atoms with Gasteiger partial charge in [-0.1, -0.05) is 6.92 Å². The first-order valence-corrected chi connectivity index (χ1v) is 9.26. The Morgan fingerprint density at radius 3 is 2.64 bits per heavy atom. The Morgan fingerprint density at radius 1 is 1.43 bits per heavy atom. The fourth-order valence-electron chi connectivity index (χ4n) is 3.81. The fourth-order valence-corrected chi connectivity index (χ4v) is 3.81. The lowest BCUT2D eigenvalue weighted by molar-refractivity contribution is -0.126. The minimum Gasteiger partial charge on any atom is -0.384 e.